The SMILES string of the molecule is CCOC(=O)c1cnn(-c2ccccc2)c1NC(=O)CCCOc1ccccc1. The maximum absolute atomic E-state index is 12.5. The third-order valence-electron chi connectivity index (χ3n) is 4.08. The Morgan fingerprint density at radius 1 is 1.03 bits per heavy atom. The summed E-state index contributed by atoms with van der Waals surface area (Å²) in [5.41, 5.74) is 0.940. The van der Waals surface area contributed by atoms with Gasteiger partial charge in [0.2, 0.25) is 5.91 Å². The van der Waals surface area contributed by atoms with E-state index < -0.39 is 5.97 Å². The summed E-state index contributed by atoms with van der Waals surface area (Å²) in [6.45, 7) is 2.38. The van der Waals surface area contributed by atoms with E-state index in [0.29, 0.717) is 18.8 Å². The van der Waals surface area contributed by atoms with Crippen molar-refractivity contribution in [2.24, 2.45) is 0 Å². The summed E-state index contributed by atoms with van der Waals surface area (Å²) in [5, 5.41) is 7.06. The third kappa shape index (κ3) is 5.44. The first-order valence-electron chi connectivity index (χ1n) is 9.47. The summed E-state index contributed by atoms with van der Waals surface area (Å²) in [7, 11) is 0. The zero-order valence-electron chi connectivity index (χ0n) is 16.2. The van der Waals surface area contributed by atoms with Crippen molar-refractivity contribution in [3.63, 3.8) is 0 Å². The third-order valence-corrected chi connectivity index (χ3v) is 4.08. The van der Waals surface area contributed by atoms with Gasteiger partial charge in [-0.3, -0.25) is 4.79 Å². The topological polar surface area (TPSA) is 82.5 Å². The average Bonchev–Trinajstić information content (AvgIpc) is 3.16. The first-order valence-corrected chi connectivity index (χ1v) is 9.47. The van der Waals surface area contributed by atoms with Crippen molar-refractivity contribution in [1.29, 1.82) is 0 Å². The highest BCUT2D eigenvalue weighted by molar-refractivity contribution is 6.00. The largest absolute Gasteiger partial charge is 0.494 e. The molecule has 29 heavy (non-hydrogen) atoms. The quantitative estimate of drug-likeness (QED) is 0.441. The number of benzene rings is 2. The van der Waals surface area contributed by atoms with Gasteiger partial charge in [-0.15, -0.1) is 0 Å². The number of aromatic nitrogens is 2. The Morgan fingerprint density at radius 3 is 2.41 bits per heavy atom. The van der Waals surface area contributed by atoms with Gasteiger partial charge >= 0.3 is 5.97 Å². The van der Waals surface area contributed by atoms with Gasteiger partial charge in [-0.1, -0.05) is 36.4 Å². The molecule has 2 aromatic carbocycles. The van der Waals surface area contributed by atoms with Gasteiger partial charge in [-0.2, -0.15) is 5.10 Å². The molecule has 0 aliphatic rings. The summed E-state index contributed by atoms with van der Waals surface area (Å²) in [4.78, 5) is 24.7. The maximum atomic E-state index is 12.5. The molecule has 7 heteroatoms. The van der Waals surface area contributed by atoms with Crippen LogP contribution in [0.5, 0.6) is 5.75 Å². The molecule has 0 aliphatic carbocycles. The first-order chi connectivity index (χ1) is 14.2. The molecule has 0 radical (unpaired) electrons. The van der Waals surface area contributed by atoms with Crippen molar-refractivity contribution < 1.29 is 19.1 Å². The molecule has 0 aliphatic heterocycles. The van der Waals surface area contributed by atoms with Gasteiger partial charge < -0.3 is 14.8 Å². The molecule has 1 heterocycles. The van der Waals surface area contributed by atoms with Gasteiger partial charge in [0, 0.05) is 6.42 Å². The number of hydrogen-bond donors (Lipinski definition) is 1. The first kappa shape index (κ1) is 20.1. The molecule has 1 amide bonds. The lowest BCUT2D eigenvalue weighted by Gasteiger charge is -2.11. The van der Waals surface area contributed by atoms with Crippen molar-refractivity contribution in [2.45, 2.75) is 19.8 Å². The summed E-state index contributed by atoms with van der Waals surface area (Å²) < 4.78 is 12.2. The fourth-order valence-electron chi connectivity index (χ4n) is 2.73. The van der Waals surface area contributed by atoms with Crippen LogP contribution in [0.3, 0.4) is 0 Å². The second kappa shape index (κ2) is 10.1. The predicted octanol–water partition coefficient (Wildman–Crippen LogP) is 3.85. The van der Waals surface area contributed by atoms with Crippen LogP contribution < -0.4 is 10.1 Å². The van der Waals surface area contributed by atoms with Crippen LogP contribution in [0.2, 0.25) is 0 Å². The zero-order valence-corrected chi connectivity index (χ0v) is 16.2. The number of rotatable bonds is 9. The van der Waals surface area contributed by atoms with E-state index in [0.717, 1.165) is 11.4 Å². The molecule has 0 fully saturated rings. The summed E-state index contributed by atoms with van der Waals surface area (Å²) in [6.07, 6.45) is 2.18. The van der Waals surface area contributed by atoms with Gasteiger partial charge in [-0.05, 0) is 37.6 Å². The highest BCUT2D eigenvalue weighted by atomic mass is 16.5. The molecule has 0 unspecified atom stereocenters. The lowest BCUT2D eigenvalue weighted by molar-refractivity contribution is -0.116. The lowest BCUT2D eigenvalue weighted by Crippen LogP contribution is -2.18. The van der Waals surface area contributed by atoms with E-state index in [4.69, 9.17) is 9.47 Å². The normalized spacial score (nSPS) is 10.4. The minimum absolute atomic E-state index is 0.213. The second-order valence-corrected chi connectivity index (χ2v) is 6.19. The molecule has 0 saturated heterocycles. The molecule has 0 saturated carbocycles. The van der Waals surface area contributed by atoms with Crippen molar-refractivity contribution in [1.82, 2.24) is 9.78 Å². The maximum Gasteiger partial charge on any atom is 0.343 e. The van der Waals surface area contributed by atoms with Crippen LogP contribution in [0.25, 0.3) is 5.69 Å². The summed E-state index contributed by atoms with van der Waals surface area (Å²) in [5.74, 6) is 0.297. The monoisotopic (exact) mass is 393 g/mol. The predicted molar refractivity (Wildman–Crippen MR) is 109 cm³/mol. The zero-order chi connectivity index (χ0) is 20.5. The molecule has 3 rings (SSSR count). The Bertz CT molecular complexity index is 939. The van der Waals surface area contributed by atoms with Gasteiger partial charge in [0.15, 0.2) is 5.82 Å². The smallest absolute Gasteiger partial charge is 0.343 e. The molecule has 0 atom stereocenters. The number of para-hydroxylation sites is 2. The Balaban J connectivity index is 1.66. The minimum Gasteiger partial charge on any atom is -0.494 e. The summed E-state index contributed by atoms with van der Waals surface area (Å²) >= 11 is 0. The van der Waals surface area contributed by atoms with Gasteiger partial charge in [0.1, 0.15) is 11.3 Å². The van der Waals surface area contributed by atoms with Gasteiger partial charge in [-0.25, -0.2) is 9.48 Å². The van der Waals surface area contributed by atoms with Crippen molar-refractivity contribution in [2.75, 3.05) is 18.5 Å². The Morgan fingerprint density at radius 2 is 1.72 bits per heavy atom. The van der Waals surface area contributed by atoms with E-state index in [1.165, 1.54) is 10.9 Å². The number of anilines is 1. The van der Waals surface area contributed by atoms with Crippen LogP contribution in [0.1, 0.15) is 30.1 Å². The number of nitrogens with zero attached hydrogens (tertiary/aromatic N) is 2. The lowest BCUT2D eigenvalue weighted by atomic mass is 10.2. The number of esters is 1. The van der Waals surface area contributed by atoms with Gasteiger partial charge in [0.05, 0.1) is 25.1 Å². The number of ether oxygens (including phenoxy) is 2. The van der Waals surface area contributed by atoms with Crippen LogP contribution in [-0.2, 0) is 9.53 Å². The molecule has 3 aromatic rings. The van der Waals surface area contributed by atoms with Crippen LogP contribution in [0.15, 0.2) is 66.9 Å². The van der Waals surface area contributed by atoms with Crippen molar-refractivity contribution in [3.8, 4) is 11.4 Å². The summed E-state index contributed by atoms with van der Waals surface area (Å²) in [6, 6.07) is 18.7. The number of carbonyl (C=O) groups is 2. The Kier molecular flexibility index (Phi) is 7.00. The van der Waals surface area contributed by atoms with E-state index in [2.05, 4.69) is 10.4 Å². The van der Waals surface area contributed by atoms with Gasteiger partial charge in [0.25, 0.3) is 0 Å². The average molecular weight is 393 g/mol. The fraction of sp³-hybridized carbons (Fsp3) is 0.227. The molecule has 1 aromatic heterocycles. The van der Waals surface area contributed by atoms with Crippen molar-refractivity contribution >= 4 is 17.7 Å². The highest BCUT2D eigenvalue weighted by Crippen LogP contribution is 2.21. The van der Waals surface area contributed by atoms with E-state index >= 15 is 0 Å². The number of carbonyl (C=O) groups excluding carboxylic acids is 2. The Hall–Kier alpha value is -3.61. The molecule has 1 N–H and O–H groups in total. The molecule has 150 valence electrons. The standard InChI is InChI=1S/C22H23N3O4/c1-2-28-22(27)19-16-23-25(17-10-5-3-6-11-17)21(19)24-20(26)14-9-15-29-18-12-7-4-8-13-18/h3-8,10-13,16H,2,9,14-15H2,1H3,(H,24,26). The van der Waals surface area contributed by atoms with Crippen LogP contribution >= 0.6 is 0 Å². The molecule has 0 spiro atoms. The van der Waals surface area contributed by atoms with E-state index in [-0.39, 0.29) is 24.5 Å². The van der Waals surface area contributed by atoms with Crippen LogP contribution in [0.4, 0.5) is 5.82 Å². The Labute approximate surface area is 169 Å². The van der Waals surface area contributed by atoms with Crippen LogP contribution in [0, 0.1) is 0 Å². The van der Waals surface area contributed by atoms with Crippen LogP contribution in [-0.4, -0.2) is 34.9 Å². The number of amides is 1. The van der Waals surface area contributed by atoms with E-state index in [1.807, 2.05) is 60.7 Å². The molecule has 7 nitrogen and oxygen atoms in total. The highest BCUT2D eigenvalue weighted by Gasteiger charge is 2.21. The minimum atomic E-state index is -0.530. The molecular weight excluding hydrogens is 370 g/mol. The van der Waals surface area contributed by atoms with Crippen molar-refractivity contribution in [3.05, 3.63) is 72.4 Å². The van der Waals surface area contributed by atoms with E-state index in [1.54, 1.807) is 6.92 Å². The molecule has 0 bridgehead atoms. The number of hydrogen-bond acceptors (Lipinski definition) is 5. The second-order valence-electron chi connectivity index (χ2n) is 6.19. The number of nitrogens with one attached hydrogen (secondary N) is 1. The molecular formula is C22H23N3O4. The van der Waals surface area contributed by atoms with E-state index in [9.17, 15) is 9.59 Å². The fourth-order valence-corrected chi connectivity index (χ4v) is 2.73.